The summed E-state index contributed by atoms with van der Waals surface area (Å²) in [4.78, 5) is 8.70. The Hall–Kier alpha value is -1.49. The third-order valence-corrected chi connectivity index (χ3v) is 2.84. The molecule has 0 amide bonds. The molecule has 0 radical (unpaired) electrons. The Kier molecular flexibility index (Phi) is 5.27. The molecule has 0 fully saturated rings. The van der Waals surface area contributed by atoms with Crippen LogP contribution in [0.25, 0.3) is 11.4 Å². The van der Waals surface area contributed by atoms with Crippen molar-refractivity contribution in [1.82, 2.24) is 15.3 Å². The van der Waals surface area contributed by atoms with E-state index >= 15 is 0 Å². The van der Waals surface area contributed by atoms with Crippen LogP contribution in [-0.2, 0) is 11.3 Å². The predicted octanol–water partition coefficient (Wildman–Crippen LogP) is 2.53. The van der Waals surface area contributed by atoms with Gasteiger partial charge in [0.2, 0.25) is 0 Å². The minimum absolute atomic E-state index is 0.683. The van der Waals surface area contributed by atoms with E-state index in [1.165, 1.54) is 0 Å². The van der Waals surface area contributed by atoms with Gasteiger partial charge in [-0.1, -0.05) is 23.7 Å². The fourth-order valence-electron chi connectivity index (χ4n) is 1.63. The van der Waals surface area contributed by atoms with E-state index < -0.39 is 0 Å². The summed E-state index contributed by atoms with van der Waals surface area (Å²) < 4.78 is 4.96. The molecule has 2 rings (SSSR count). The molecular weight excluding hydrogens is 262 g/mol. The average molecular weight is 278 g/mol. The van der Waals surface area contributed by atoms with Gasteiger partial charge in [0.1, 0.15) is 0 Å². The summed E-state index contributed by atoms with van der Waals surface area (Å²) in [5, 5.41) is 3.93. The summed E-state index contributed by atoms with van der Waals surface area (Å²) in [6, 6.07) is 7.52. The number of benzene rings is 1. The van der Waals surface area contributed by atoms with Gasteiger partial charge in [0, 0.05) is 48.7 Å². The Bertz CT molecular complexity index is 516. The largest absolute Gasteiger partial charge is 0.383 e. The third-order valence-electron chi connectivity index (χ3n) is 2.60. The van der Waals surface area contributed by atoms with Gasteiger partial charge >= 0.3 is 0 Å². The highest BCUT2D eigenvalue weighted by Crippen LogP contribution is 2.18. The van der Waals surface area contributed by atoms with Crippen LogP contribution in [0, 0.1) is 0 Å². The van der Waals surface area contributed by atoms with Crippen molar-refractivity contribution >= 4 is 11.6 Å². The Labute approximate surface area is 117 Å². The van der Waals surface area contributed by atoms with E-state index in [9.17, 15) is 0 Å². The highest BCUT2D eigenvalue weighted by Gasteiger charge is 2.02. The first-order chi connectivity index (χ1) is 9.29. The van der Waals surface area contributed by atoms with E-state index in [1.807, 2.05) is 36.7 Å². The number of nitrogens with zero attached hydrogens (tertiary/aromatic N) is 2. The summed E-state index contributed by atoms with van der Waals surface area (Å²) in [5.74, 6) is 0.683. The summed E-state index contributed by atoms with van der Waals surface area (Å²) in [6.45, 7) is 2.24. The Morgan fingerprint density at radius 1 is 1.26 bits per heavy atom. The van der Waals surface area contributed by atoms with Gasteiger partial charge in [0.05, 0.1) is 6.61 Å². The second kappa shape index (κ2) is 7.19. The van der Waals surface area contributed by atoms with Crippen LogP contribution in [0.15, 0.2) is 36.7 Å². The second-order valence-electron chi connectivity index (χ2n) is 4.09. The minimum atomic E-state index is 0.683. The van der Waals surface area contributed by atoms with Crippen LogP contribution in [0.1, 0.15) is 5.56 Å². The van der Waals surface area contributed by atoms with Gasteiger partial charge in [-0.15, -0.1) is 0 Å². The molecule has 0 aliphatic carbocycles. The molecule has 1 aromatic carbocycles. The van der Waals surface area contributed by atoms with Crippen LogP contribution >= 0.6 is 11.6 Å². The summed E-state index contributed by atoms with van der Waals surface area (Å²) in [7, 11) is 1.69. The highest BCUT2D eigenvalue weighted by atomic mass is 35.5. The number of ether oxygens (including phenoxy) is 1. The predicted molar refractivity (Wildman–Crippen MR) is 76.1 cm³/mol. The van der Waals surface area contributed by atoms with Gasteiger partial charge in [-0.2, -0.15) is 0 Å². The molecule has 0 aliphatic rings. The minimum Gasteiger partial charge on any atom is -0.383 e. The molecule has 1 heterocycles. The number of nitrogens with one attached hydrogen (secondary N) is 1. The standard InChI is InChI=1S/C14H16ClN3O/c1-19-6-5-16-8-11-9-17-14(18-10-11)12-3-2-4-13(15)7-12/h2-4,7,9-10,16H,5-6,8H2,1H3. The fourth-order valence-corrected chi connectivity index (χ4v) is 1.82. The van der Waals surface area contributed by atoms with Gasteiger partial charge in [-0.05, 0) is 12.1 Å². The van der Waals surface area contributed by atoms with Crippen LogP contribution in [0.4, 0.5) is 0 Å². The molecule has 0 atom stereocenters. The number of hydrogen-bond donors (Lipinski definition) is 1. The van der Waals surface area contributed by atoms with E-state index in [0.717, 1.165) is 24.2 Å². The molecule has 1 aromatic heterocycles. The number of hydrogen-bond acceptors (Lipinski definition) is 4. The molecular formula is C14H16ClN3O. The maximum atomic E-state index is 5.95. The first-order valence-corrected chi connectivity index (χ1v) is 6.44. The zero-order valence-corrected chi connectivity index (χ0v) is 11.5. The van der Waals surface area contributed by atoms with E-state index in [1.54, 1.807) is 7.11 Å². The lowest BCUT2D eigenvalue weighted by Crippen LogP contribution is -2.18. The van der Waals surface area contributed by atoms with Crippen LogP contribution in [0.3, 0.4) is 0 Å². The molecule has 0 unspecified atom stereocenters. The van der Waals surface area contributed by atoms with Crippen molar-refractivity contribution in [3.05, 3.63) is 47.2 Å². The summed E-state index contributed by atoms with van der Waals surface area (Å²) >= 11 is 5.95. The van der Waals surface area contributed by atoms with Crippen molar-refractivity contribution in [2.45, 2.75) is 6.54 Å². The van der Waals surface area contributed by atoms with Gasteiger partial charge in [-0.3, -0.25) is 0 Å². The monoisotopic (exact) mass is 277 g/mol. The van der Waals surface area contributed by atoms with Crippen LogP contribution in [-0.4, -0.2) is 30.2 Å². The lowest BCUT2D eigenvalue weighted by atomic mass is 10.2. The number of rotatable bonds is 6. The first kappa shape index (κ1) is 13.9. The zero-order valence-electron chi connectivity index (χ0n) is 10.8. The maximum absolute atomic E-state index is 5.95. The van der Waals surface area contributed by atoms with Crippen molar-refractivity contribution in [2.24, 2.45) is 0 Å². The molecule has 0 aliphatic heterocycles. The molecule has 0 bridgehead atoms. The number of aromatic nitrogens is 2. The van der Waals surface area contributed by atoms with E-state index in [4.69, 9.17) is 16.3 Å². The average Bonchev–Trinajstić information content (AvgIpc) is 2.44. The molecule has 5 heteroatoms. The van der Waals surface area contributed by atoms with E-state index in [-0.39, 0.29) is 0 Å². The van der Waals surface area contributed by atoms with Crippen molar-refractivity contribution < 1.29 is 4.74 Å². The van der Waals surface area contributed by atoms with Crippen LogP contribution < -0.4 is 5.32 Å². The van der Waals surface area contributed by atoms with Crippen molar-refractivity contribution in [2.75, 3.05) is 20.3 Å². The van der Waals surface area contributed by atoms with Crippen molar-refractivity contribution in [3.8, 4) is 11.4 Å². The SMILES string of the molecule is COCCNCc1cnc(-c2cccc(Cl)c2)nc1. The number of methoxy groups -OCH3 is 1. The van der Waals surface area contributed by atoms with Crippen molar-refractivity contribution in [1.29, 1.82) is 0 Å². The smallest absolute Gasteiger partial charge is 0.159 e. The zero-order chi connectivity index (χ0) is 13.5. The molecule has 0 saturated heterocycles. The van der Waals surface area contributed by atoms with Gasteiger partial charge in [0.25, 0.3) is 0 Å². The summed E-state index contributed by atoms with van der Waals surface area (Å²) in [6.07, 6.45) is 3.64. The molecule has 4 nitrogen and oxygen atoms in total. The van der Waals surface area contributed by atoms with E-state index in [2.05, 4.69) is 15.3 Å². The van der Waals surface area contributed by atoms with Crippen LogP contribution in [0.5, 0.6) is 0 Å². The third kappa shape index (κ3) is 4.28. The highest BCUT2D eigenvalue weighted by molar-refractivity contribution is 6.30. The fraction of sp³-hybridized carbons (Fsp3) is 0.286. The number of halogens is 1. The molecule has 0 saturated carbocycles. The molecule has 2 aromatic rings. The normalized spacial score (nSPS) is 10.6. The van der Waals surface area contributed by atoms with Crippen LogP contribution in [0.2, 0.25) is 5.02 Å². The quantitative estimate of drug-likeness (QED) is 0.825. The molecule has 0 spiro atoms. The lowest BCUT2D eigenvalue weighted by Gasteiger charge is -2.05. The Morgan fingerprint density at radius 3 is 2.74 bits per heavy atom. The first-order valence-electron chi connectivity index (χ1n) is 6.06. The van der Waals surface area contributed by atoms with Gasteiger partial charge < -0.3 is 10.1 Å². The van der Waals surface area contributed by atoms with Gasteiger partial charge in [-0.25, -0.2) is 9.97 Å². The molecule has 1 N–H and O–H groups in total. The maximum Gasteiger partial charge on any atom is 0.159 e. The van der Waals surface area contributed by atoms with E-state index in [0.29, 0.717) is 17.5 Å². The lowest BCUT2D eigenvalue weighted by molar-refractivity contribution is 0.199. The topological polar surface area (TPSA) is 47.0 Å². The van der Waals surface area contributed by atoms with Crippen molar-refractivity contribution in [3.63, 3.8) is 0 Å². The van der Waals surface area contributed by atoms with Gasteiger partial charge in [0.15, 0.2) is 5.82 Å². The second-order valence-corrected chi connectivity index (χ2v) is 4.53. The Morgan fingerprint density at radius 2 is 2.05 bits per heavy atom. The molecule has 100 valence electrons. The summed E-state index contributed by atoms with van der Waals surface area (Å²) in [5.41, 5.74) is 1.97. The molecule has 19 heavy (non-hydrogen) atoms. The Balaban J connectivity index is 1.98.